The molecule has 1 unspecified atom stereocenters. The number of methoxy groups -OCH3 is 1. The van der Waals surface area contributed by atoms with Crippen LogP contribution in [0.25, 0.3) is 0 Å². The van der Waals surface area contributed by atoms with Crippen molar-refractivity contribution in [2.75, 3.05) is 7.11 Å². The first-order valence-electron chi connectivity index (χ1n) is 5.06. The van der Waals surface area contributed by atoms with Crippen molar-refractivity contribution >= 4 is 5.97 Å². The molecule has 1 atom stereocenters. The van der Waals surface area contributed by atoms with Gasteiger partial charge in [0.2, 0.25) is 0 Å². The number of benzene rings is 1. The molecule has 1 aromatic carbocycles. The topological polar surface area (TPSA) is 52.3 Å². The molecule has 0 aromatic heterocycles. The smallest absolute Gasteiger partial charge is 0.305 e. The fraction of sp³-hybridized carbons (Fsp3) is 0.308. The van der Waals surface area contributed by atoms with Crippen LogP contribution < -0.4 is 5.73 Å². The number of rotatable bonds is 4. The summed E-state index contributed by atoms with van der Waals surface area (Å²) in [6.45, 7) is 0. The molecule has 0 saturated carbocycles. The van der Waals surface area contributed by atoms with Gasteiger partial charge in [-0.25, -0.2) is 0 Å². The van der Waals surface area contributed by atoms with Crippen molar-refractivity contribution in [2.24, 2.45) is 5.73 Å². The molecule has 0 aliphatic rings. The molecule has 0 heterocycles. The van der Waals surface area contributed by atoms with Crippen LogP contribution in [-0.2, 0) is 9.53 Å². The van der Waals surface area contributed by atoms with E-state index in [9.17, 15) is 4.79 Å². The number of hydrogen-bond acceptors (Lipinski definition) is 3. The summed E-state index contributed by atoms with van der Waals surface area (Å²) in [6, 6.07) is 7.29. The third kappa shape index (κ3) is 3.41. The highest BCUT2D eigenvalue weighted by molar-refractivity contribution is 5.69. The quantitative estimate of drug-likeness (QED) is 0.616. The van der Waals surface area contributed by atoms with Crippen molar-refractivity contribution in [3.8, 4) is 12.3 Å². The zero-order valence-corrected chi connectivity index (χ0v) is 9.27. The van der Waals surface area contributed by atoms with Gasteiger partial charge in [-0.1, -0.05) is 18.1 Å². The first kappa shape index (κ1) is 12.3. The van der Waals surface area contributed by atoms with Gasteiger partial charge in [-0.05, 0) is 24.1 Å². The molecule has 0 radical (unpaired) electrons. The van der Waals surface area contributed by atoms with E-state index >= 15 is 0 Å². The predicted octanol–water partition coefficient (Wildman–Crippen LogP) is 1.62. The summed E-state index contributed by atoms with van der Waals surface area (Å²) in [5, 5.41) is 0. The molecule has 0 amide bonds. The maximum atomic E-state index is 10.9. The Kier molecular flexibility index (Phi) is 4.56. The summed E-state index contributed by atoms with van der Waals surface area (Å²) >= 11 is 0. The minimum Gasteiger partial charge on any atom is -0.469 e. The lowest BCUT2D eigenvalue weighted by Gasteiger charge is -2.11. The molecule has 0 fully saturated rings. The standard InChI is InChI=1S/C13H15NO2/c1-3-10-4-6-11(7-5-10)12(14)8-9-13(15)16-2/h1,4-7,12H,8-9,14H2,2H3. The lowest BCUT2D eigenvalue weighted by Crippen LogP contribution is -2.12. The van der Waals surface area contributed by atoms with Crippen molar-refractivity contribution in [1.82, 2.24) is 0 Å². The Morgan fingerprint density at radius 2 is 2.12 bits per heavy atom. The molecule has 3 heteroatoms. The van der Waals surface area contributed by atoms with E-state index in [2.05, 4.69) is 10.7 Å². The van der Waals surface area contributed by atoms with E-state index in [1.54, 1.807) is 0 Å². The van der Waals surface area contributed by atoms with Crippen LogP contribution in [0.2, 0.25) is 0 Å². The van der Waals surface area contributed by atoms with Crippen LogP contribution in [0.15, 0.2) is 24.3 Å². The molecule has 3 nitrogen and oxygen atoms in total. The van der Waals surface area contributed by atoms with Gasteiger partial charge in [0.15, 0.2) is 0 Å². The Bertz CT molecular complexity index is 389. The van der Waals surface area contributed by atoms with Crippen LogP contribution in [0.4, 0.5) is 0 Å². The Hall–Kier alpha value is -1.79. The van der Waals surface area contributed by atoms with E-state index in [0.29, 0.717) is 12.8 Å². The third-order valence-corrected chi connectivity index (χ3v) is 2.39. The maximum absolute atomic E-state index is 10.9. The molecule has 0 bridgehead atoms. The zero-order valence-electron chi connectivity index (χ0n) is 9.27. The molecule has 1 rings (SSSR count). The minimum atomic E-state index is -0.240. The van der Waals surface area contributed by atoms with Gasteiger partial charge in [0.05, 0.1) is 7.11 Å². The van der Waals surface area contributed by atoms with Crippen molar-refractivity contribution in [3.63, 3.8) is 0 Å². The third-order valence-electron chi connectivity index (χ3n) is 2.39. The van der Waals surface area contributed by atoms with Gasteiger partial charge in [0, 0.05) is 18.0 Å². The number of carbonyl (C=O) groups excluding carboxylic acids is 1. The Morgan fingerprint density at radius 3 is 2.62 bits per heavy atom. The molecule has 16 heavy (non-hydrogen) atoms. The van der Waals surface area contributed by atoms with E-state index in [0.717, 1.165) is 11.1 Å². The summed E-state index contributed by atoms with van der Waals surface area (Å²) in [4.78, 5) is 10.9. The van der Waals surface area contributed by atoms with Crippen LogP contribution >= 0.6 is 0 Å². The molecule has 0 aliphatic carbocycles. The van der Waals surface area contributed by atoms with E-state index < -0.39 is 0 Å². The SMILES string of the molecule is C#Cc1ccc(C(N)CCC(=O)OC)cc1. The van der Waals surface area contributed by atoms with Gasteiger partial charge >= 0.3 is 5.97 Å². The Balaban J connectivity index is 2.56. The number of esters is 1. The van der Waals surface area contributed by atoms with Gasteiger partial charge in [0.1, 0.15) is 0 Å². The largest absolute Gasteiger partial charge is 0.469 e. The van der Waals surface area contributed by atoms with E-state index in [1.807, 2.05) is 24.3 Å². The highest BCUT2D eigenvalue weighted by Crippen LogP contribution is 2.16. The van der Waals surface area contributed by atoms with Crippen LogP contribution in [-0.4, -0.2) is 13.1 Å². The van der Waals surface area contributed by atoms with Crippen LogP contribution in [0.1, 0.15) is 30.0 Å². The van der Waals surface area contributed by atoms with Gasteiger partial charge < -0.3 is 10.5 Å². The Labute approximate surface area is 95.6 Å². The first-order valence-corrected chi connectivity index (χ1v) is 5.06. The lowest BCUT2D eigenvalue weighted by molar-refractivity contribution is -0.140. The molecular weight excluding hydrogens is 202 g/mol. The average Bonchev–Trinajstić information content (AvgIpc) is 2.35. The van der Waals surface area contributed by atoms with Gasteiger partial charge in [-0.15, -0.1) is 6.42 Å². The average molecular weight is 217 g/mol. The number of terminal acetylenes is 1. The highest BCUT2D eigenvalue weighted by Gasteiger charge is 2.08. The number of nitrogens with two attached hydrogens (primary N) is 1. The zero-order chi connectivity index (χ0) is 12.0. The molecular formula is C13H15NO2. The van der Waals surface area contributed by atoms with E-state index in [4.69, 9.17) is 12.2 Å². The van der Waals surface area contributed by atoms with Gasteiger partial charge in [0.25, 0.3) is 0 Å². The van der Waals surface area contributed by atoms with Crippen molar-refractivity contribution in [2.45, 2.75) is 18.9 Å². The fourth-order valence-corrected chi connectivity index (χ4v) is 1.37. The Morgan fingerprint density at radius 1 is 1.50 bits per heavy atom. The summed E-state index contributed by atoms with van der Waals surface area (Å²) in [7, 11) is 1.37. The predicted molar refractivity (Wildman–Crippen MR) is 62.6 cm³/mol. The van der Waals surface area contributed by atoms with E-state index in [1.165, 1.54) is 7.11 Å². The molecule has 2 N–H and O–H groups in total. The summed E-state index contributed by atoms with van der Waals surface area (Å²) in [6.07, 6.45) is 6.15. The van der Waals surface area contributed by atoms with Gasteiger partial charge in [-0.3, -0.25) is 4.79 Å². The fourth-order valence-electron chi connectivity index (χ4n) is 1.37. The molecule has 0 spiro atoms. The second kappa shape index (κ2) is 5.94. The summed E-state index contributed by atoms with van der Waals surface area (Å²) in [5.41, 5.74) is 7.73. The lowest BCUT2D eigenvalue weighted by atomic mass is 10.0. The normalized spacial score (nSPS) is 11.6. The molecule has 0 aliphatic heterocycles. The highest BCUT2D eigenvalue weighted by atomic mass is 16.5. The molecule has 84 valence electrons. The number of hydrogen-bond donors (Lipinski definition) is 1. The van der Waals surface area contributed by atoms with Crippen LogP contribution in [0.5, 0.6) is 0 Å². The monoisotopic (exact) mass is 217 g/mol. The van der Waals surface area contributed by atoms with E-state index in [-0.39, 0.29) is 12.0 Å². The van der Waals surface area contributed by atoms with Gasteiger partial charge in [-0.2, -0.15) is 0 Å². The molecule has 1 aromatic rings. The van der Waals surface area contributed by atoms with Crippen molar-refractivity contribution < 1.29 is 9.53 Å². The summed E-state index contributed by atoms with van der Waals surface area (Å²) in [5.74, 6) is 2.30. The summed E-state index contributed by atoms with van der Waals surface area (Å²) < 4.78 is 4.55. The van der Waals surface area contributed by atoms with Crippen LogP contribution in [0.3, 0.4) is 0 Å². The number of ether oxygens (including phenoxy) is 1. The minimum absolute atomic E-state index is 0.161. The second-order valence-electron chi connectivity index (χ2n) is 3.49. The molecule has 0 saturated heterocycles. The van der Waals surface area contributed by atoms with Crippen molar-refractivity contribution in [1.29, 1.82) is 0 Å². The first-order chi connectivity index (χ1) is 7.67. The maximum Gasteiger partial charge on any atom is 0.305 e. The van der Waals surface area contributed by atoms with Crippen LogP contribution in [0, 0.1) is 12.3 Å². The number of carbonyl (C=O) groups is 1. The van der Waals surface area contributed by atoms with Crippen molar-refractivity contribution in [3.05, 3.63) is 35.4 Å². The second-order valence-corrected chi connectivity index (χ2v) is 3.49.